The van der Waals surface area contributed by atoms with E-state index in [1.165, 1.54) is 43.1 Å². The van der Waals surface area contributed by atoms with E-state index in [9.17, 15) is 0 Å². The first-order chi connectivity index (χ1) is 11.7. The first kappa shape index (κ1) is 14.9. The van der Waals surface area contributed by atoms with Crippen LogP contribution < -0.4 is 0 Å². The van der Waals surface area contributed by atoms with Crippen LogP contribution in [0, 0.1) is 0 Å². The molecule has 0 aliphatic heterocycles. The third-order valence-electron chi connectivity index (χ3n) is 4.39. The molecule has 0 amide bonds. The third-order valence-corrected chi connectivity index (χ3v) is 4.39. The van der Waals surface area contributed by atoms with Gasteiger partial charge in [0.1, 0.15) is 0 Å². The van der Waals surface area contributed by atoms with E-state index in [2.05, 4.69) is 72.8 Å². The van der Waals surface area contributed by atoms with E-state index in [4.69, 9.17) is 15.1 Å². The van der Waals surface area contributed by atoms with Crippen molar-refractivity contribution >= 4 is 50.4 Å². The molecule has 0 fully saturated rings. The molecule has 0 spiro atoms. The average Bonchev–Trinajstić information content (AvgIpc) is 2.59. The number of rotatable bonds is 0. The first-order valence-corrected chi connectivity index (χ1v) is 7.75. The lowest BCUT2D eigenvalue weighted by atomic mass is 9.90. The van der Waals surface area contributed by atoms with Gasteiger partial charge in [0.25, 0.3) is 0 Å². The largest absolute Gasteiger partial charge is 0.631 e. The van der Waals surface area contributed by atoms with E-state index in [1.54, 1.807) is 0 Å². The Hall–Kier alpha value is -2.66. The molecule has 0 aliphatic rings. The number of benzene rings is 5. The van der Waals surface area contributed by atoms with Gasteiger partial charge in [-0.3, -0.25) is 0 Å². The monoisotopic (exact) mass is 314 g/mol. The van der Waals surface area contributed by atoms with Crippen LogP contribution in [0.2, 0.25) is 0 Å². The summed E-state index contributed by atoms with van der Waals surface area (Å²) in [6, 6.07) is 26.4. The molecule has 116 valence electrons. The van der Waals surface area contributed by atoms with Crippen molar-refractivity contribution < 1.29 is 15.1 Å². The highest BCUT2D eigenvalue weighted by Gasteiger charge is 2.11. The second kappa shape index (κ2) is 5.76. The highest BCUT2D eigenvalue weighted by molar-refractivity contribution is 6.32. The summed E-state index contributed by atoms with van der Waals surface area (Å²) in [6.07, 6.45) is 0. The van der Waals surface area contributed by atoms with Crippen molar-refractivity contribution in [2.75, 3.05) is 0 Å². The van der Waals surface area contributed by atoms with Crippen LogP contribution in [-0.4, -0.2) is 22.4 Å². The minimum Gasteiger partial charge on any atom is -0.402 e. The van der Waals surface area contributed by atoms with Crippen LogP contribution in [0.4, 0.5) is 0 Å². The molecular formula is C20H15BO3. The van der Waals surface area contributed by atoms with Gasteiger partial charge >= 0.3 is 7.32 Å². The molecule has 0 saturated heterocycles. The zero-order valence-electron chi connectivity index (χ0n) is 12.8. The van der Waals surface area contributed by atoms with Gasteiger partial charge in [-0.05, 0) is 43.1 Å². The second-order valence-electron chi connectivity index (χ2n) is 5.76. The zero-order chi connectivity index (χ0) is 16.7. The van der Waals surface area contributed by atoms with Crippen LogP contribution in [0.5, 0.6) is 0 Å². The lowest BCUT2D eigenvalue weighted by Gasteiger charge is -2.13. The van der Waals surface area contributed by atoms with E-state index in [0.29, 0.717) is 0 Å². The van der Waals surface area contributed by atoms with Gasteiger partial charge in [0, 0.05) is 0 Å². The Morgan fingerprint density at radius 1 is 0.458 bits per heavy atom. The summed E-state index contributed by atoms with van der Waals surface area (Å²) in [4.78, 5) is 0. The molecule has 5 aromatic rings. The molecule has 3 N–H and O–H groups in total. The van der Waals surface area contributed by atoms with Crippen molar-refractivity contribution in [3.05, 3.63) is 72.8 Å². The third kappa shape index (κ3) is 2.29. The molecule has 0 radical (unpaired) electrons. The van der Waals surface area contributed by atoms with Crippen LogP contribution in [0.3, 0.4) is 0 Å². The van der Waals surface area contributed by atoms with Crippen LogP contribution in [0.15, 0.2) is 72.8 Å². The predicted molar refractivity (Wildman–Crippen MR) is 100 cm³/mol. The fraction of sp³-hybridized carbons (Fsp3) is 0. The van der Waals surface area contributed by atoms with Crippen LogP contribution in [0.25, 0.3) is 43.1 Å². The SMILES string of the molecule is OB(O)O.c1cc2cccc3c4cccc5cccc(c(c1)c23)c54. The Balaban J connectivity index is 0.000000332. The maximum absolute atomic E-state index is 7.17. The minimum atomic E-state index is -2.17. The van der Waals surface area contributed by atoms with Gasteiger partial charge in [0.05, 0.1) is 0 Å². The summed E-state index contributed by atoms with van der Waals surface area (Å²) in [5, 5.41) is 32.4. The lowest BCUT2D eigenvalue weighted by molar-refractivity contribution is 0.278. The second-order valence-corrected chi connectivity index (χ2v) is 5.76. The van der Waals surface area contributed by atoms with Crippen LogP contribution in [-0.2, 0) is 0 Å². The van der Waals surface area contributed by atoms with Crippen molar-refractivity contribution in [1.82, 2.24) is 0 Å². The first-order valence-electron chi connectivity index (χ1n) is 7.75. The van der Waals surface area contributed by atoms with E-state index in [-0.39, 0.29) is 0 Å². The van der Waals surface area contributed by atoms with Gasteiger partial charge in [-0.2, -0.15) is 0 Å². The van der Waals surface area contributed by atoms with Gasteiger partial charge in [0.2, 0.25) is 0 Å². The molecule has 3 nitrogen and oxygen atoms in total. The summed E-state index contributed by atoms with van der Waals surface area (Å²) in [5.74, 6) is 0. The molecule has 5 rings (SSSR count). The van der Waals surface area contributed by atoms with Gasteiger partial charge in [-0.1, -0.05) is 72.8 Å². The lowest BCUT2D eigenvalue weighted by Crippen LogP contribution is -2.07. The zero-order valence-corrected chi connectivity index (χ0v) is 12.8. The quantitative estimate of drug-likeness (QED) is 0.232. The molecule has 0 unspecified atom stereocenters. The van der Waals surface area contributed by atoms with Crippen molar-refractivity contribution in [2.24, 2.45) is 0 Å². The summed E-state index contributed by atoms with van der Waals surface area (Å²) in [7, 11) is -2.17. The molecular weight excluding hydrogens is 299 g/mol. The van der Waals surface area contributed by atoms with Crippen molar-refractivity contribution in [2.45, 2.75) is 0 Å². The summed E-state index contributed by atoms with van der Waals surface area (Å²) < 4.78 is 0. The Morgan fingerprint density at radius 3 is 0.958 bits per heavy atom. The number of hydrogen-bond donors (Lipinski definition) is 3. The Labute approximate surface area is 138 Å². The smallest absolute Gasteiger partial charge is 0.402 e. The van der Waals surface area contributed by atoms with Crippen LogP contribution >= 0.6 is 0 Å². The fourth-order valence-electron chi connectivity index (χ4n) is 3.58. The highest BCUT2D eigenvalue weighted by atomic mass is 16.5. The fourth-order valence-corrected chi connectivity index (χ4v) is 3.58. The molecule has 4 heteroatoms. The Morgan fingerprint density at radius 2 is 0.708 bits per heavy atom. The predicted octanol–water partition coefficient (Wildman–Crippen LogP) is 3.69. The number of fused-ring (bicyclic) bond motifs is 2. The molecule has 5 aromatic carbocycles. The van der Waals surface area contributed by atoms with Crippen LogP contribution in [0.1, 0.15) is 0 Å². The summed E-state index contributed by atoms with van der Waals surface area (Å²) in [6.45, 7) is 0. The summed E-state index contributed by atoms with van der Waals surface area (Å²) >= 11 is 0. The molecule has 0 atom stereocenters. The molecule has 0 heterocycles. The summed E-state index contributed by atoms with van der Waals surface area (Å²) in [5.41, 5.74) is 0. The van der Waals surface area contributed by atoms with Gasteiger partial charge in [-0.25, -0.2) is 0 Å². The van der Waals surface area contributed by atoms with E-state index in [1.807, 2.05) is 0 Å². The Kier molecular flexibility index (Phi) is 3.58. The van der Waals surface area contributed by atoms with E-state index >= 15 is 0 Å². The minimum absolute atomic E-state index is 1.33. The number of hydrogen-bond acceptors (Lipinski definition) is 3. The Bertz CT molecular complexity index is 979. The molecule has 0 aliphatic carbocycles. The van der Waals surface area contributed by atoms with Gasteiger partial charge in [0.15, 0.2) is 0 Å². The van der Waals surface area contributed by atoms with E-state index < -0.39 is 7.32 Å². The average molecular weight is 314 g/mol. The molecule has 0 aromatic heterocycles. The van der Waals surface area contributed by atoms with E-state index in [0.717, 1.165) is 0 Å². The normalized spacial score (nSPS) is 11.1. The molecule has 24 heavy (non-hydrogen) atoms. The highest BCUT2D eigenvalue weighted by Crippen LogP contribution is 2.39. The van der Waals surface area contributed by atoms with Crippen molar-refractivity contribution in [1.29, 1.82) is 0 Å². The molecule has 0 bridgehead atoms. The van der Waals surface area contributed by atoms with Gasteiger partial charge in [-0.15, -0.1) is 0 Å². The standard InChI is InChI=1S/C20H12.BH3O3/c1-5-13-6-2-11-17-18-12-4-8-14-7-3-10-16(20(14)18)15(9-1)19(13)17;2-1(3)4/h1-12H;2-4H. The van der Waals surface area contributed by atoms with Crippen molar-refractivity contribution in [3.8, 4) is 0 Å². The maximum atomic E-state index is 7.17. The molecule has 0 saturated carbocycles. The van der Waals surface area contributed by atoms with Crippen molar-refractivity contribution in [3.63, 3.8) is 0 Å². The maximum Gasteiger partial charge on any atom is 0.631 e. The van der Waals surface area contributed by atoms with Gasteiger partial charge < -0.3 is 15.1 Å². The topological polar surface area (TPSA) is 60.7 Å².